The van der Waals surface area contributed by atoms with E-state index in [0.717, 1.165) is 33.2 Å². The second kappa shape index (κ2) is 10.0. The van der Waals surface area contributed by atoms with Crippen molar-refractivity contribution in [3.63, 3.8) is 0 Å². The Morgan fingerprint density at radius 2 is 1.85 bits per heavy atom. The fourth-order valence-electron chi connectivity index (χ4n) is 3.80. The number of carbonyl (C=O) groups excluding carboxylic acids is 1. The van der Waals surface area contributed by atoms with Crippen molar-refractivity contribution in [2.45, 2.75) is 24.7 Å². The van der Waals surface area contributed by atoms with Crippen LogP contribution >= 0.6 is 11.3 Å². The summed E-state index contributed by atoms with van der Waals surface area (Å²) < 4.78 is 44.5. The molecule has 1 aromatic heterocycles. The van der Waals surface area contributed by atoms with Crippen molar-refractivity contribution in [1.82, 2.24) is 9.88 Å². The third kappa shape index (κ3) is 5.44. The first-order valence-electron chi connectivity index (χ1n) is 10.9. The molecule has 1 amide bonds. The van der Waals surface area contributed by atoms with Gasteiger partial charge in [0, 0.05) is 32.6 Å². The summed E-state index contributed by atoms with van der Waals surface area (Å²) in [7, 11) is -3.53. The minimum atomic E-state index is -3.53. The molecule has 2 aromatic carbocycles. The van der Waals surface area contributed by atoms with Gasteiger partial charge in [-0.05, 0) is 49.7 Å². The highest BCUT2D eigenvalue weighted by atomic mass is 32.2. The van der Waals surface area contributed by atoms with E-state index in [2.05, 4.69) is 4.90 Å². The van der Waals surface area contributed by atoms with Gasteiger partial charge in [-0.2, -0.15) is 0 Å². The zero-order valence-electron chi connectivity index (χ0n) is 18.4. The van der Waals surface area contributed by atoms with Gasteiger partial charge in [0.25, 0.3) is 0 Å². The number of benzene rings is 2. The minimum Gasteiger partial charge on any atom is -0.492 e. The number of para-hydroxylation sites is 1. The maximum Gasteiger partial charge on any atom is 0.222 e. The lowest BCUT2D eigenvalue weighted by Crippen LogP contribution is -2.48. The first kappa shape index (κ1) is 23.4. The summed E-state index contributed by atoms with van der Waals surface area (Å²) in [6.07, 6.45) is 0.399. The van der Waals surface area contributed by atoms with E-state index in [-0.39, 0.29) is 29.4 Å². The maximum absolute atomic E-state index is 13.0. The van der Waals surface area contributed by atoms with Crippen LogP contribution in [-0.2, 0) is 14.6 Å². The van der Waals surface area contributed by atoms with Crippen LogP contribution in [0.25, 0.3) is 10.2 Å². The molecule has 0 atom stereocenters. The third-order valence-corrected chi connectivity index (χ3v) is 8.45. The van der Waals surface area contributed by atoms with Gasteiger partial charge in [0.15, 0.2) is 15.0 Å². The lowest BCUT2D eigenvalue weighted by atomic mass is 10.2. The van der Waals surface area contributed by atoms with Gasteiger partial charge >= 0.3 is 0 Å². The molecule has 0 N–H and O–H groups in total. The zero-order chi connectivity index (χ0) is 23.4. The quantitative estimate of drug-likeness (QED) is 0.447. The molecular formula is C23H26FN3O4S2. The highest BCUT2D eigenvalue weighted by Crippen LogP contribution is 2.34. The summed E-state index contributed by atoms with van der Waals surface area (Å²) in [5.74, 6) is 0.107. The minimum absolute atomic E-state index is 0.0492. The summed E-state index contributed by atoms with van der Waals surface area (Å²) >= 11 is 1.61. The van der Waals surface area contributed by atoms with E-state index in [4.69, 9.17) is 9.72 Å². The Kier molecular flexibility index (Phi) is 7.14. The van der Waals surface area contributed by atoms with Crippen molar-refractivity contribution >= 4 is 42.4 Å². The molecule has 1 aliphatic rings. The number of nitrogens with zero attached hydrogens (tertiary/aromatic N) is 3. The van der Waals surface area contributed by atoms with E-state index >= 15 is 0 Å². The number of carbonyl (C=O) groups is 1. The molecule has 0 bridgehead atoms. The van der Waals surface area contributed by atoms with Crippen LogP contribution in [-0.4, -0.2) is 62.7 Å². The third-order valence-electron chi connectivity index (χ3n) is 5.55. The Morgan fingerprint density at radius 1 is 1.12 bits per heavy atom. The standard InChI is InChI=1S/C23H26FN3O4S2/c1-2-31-19-5-3-6-20-22(19)25-23(32-20)27-14-12-26(13-15-27)21(28)7-4-16-33(29,30)18-10-8-17(24)9-11-18/h3,5-6,8-11H,2,4,7,12-16H2,1H3. The molecule has 1 aliphatic heterocycles. The summed E-state index contributed by atoms with van der Waals surface area (Å²) in [5.41, 5.74) is 0.861. The van der Waals surface area contributed by atoms with Gasteiger partial charge < -0.3 is 14.5 Å². The van der Waals surface area contributed by atoms with E-state index in [9.17, 15) is 17.6 Å². The van der Waals surface area contributed by atoms with Crippen LogP contribution in [0.3, 0.4) is 0 Å². The SMILES string of the molecule is CCOc1cccc2sc(N3CCN(C(=O)CCCS(=O)(=O)c4ccc(F)cc4)CC3)nc12. The highest BCUT2D eigenvalue weighted by molar-refractivity contribution is 7.91. The number of fused-ring (bicyclic) bond motifs is 1. The van der Waals surface area contributed by atoms with Gasteiger partial charge in [0.2, 0.25) is 5.91 Å². The summed E-state index contributed by atoms with van der Waals surface area (Å²) in [6, 6.07) is 10.7. The van der Waals surface area contributed by atoms with Crippen LogP contribution < -0.4 is 9.64 Å². The molecule has 4 rings (SSSR count). The number of aromatic nitrogens is 1. The smallest absolute Gasteiger partial charge is 0.222 e. The van der Waals surface area contributed by atoms with Gasteiger partial charge in [0.1, 0.15) is 17.1 Å². The highest BCUT2D eigenvalue weighted by Gasteiger charge is 2.24. The monoisotopic (exact) mass is 491 g/mol. The Labute approximate surface area is 196 Å². The average molecular weight is 492 g/mol. The number of hydrogen-bond donors (Lipinski definition) is 0. The van der Waals surface area contributed by atoms with Gasteiger partial charge in [0.05, 0.1) is 22.0 Å². The molecule has 0 aliphatic carbocycles. The number of rotatable bonds is 8. The van der Waals surface area contributed by atoms with Crippen LogP contribution in [0.5, 0.6) is 5.75 Å². The molecule has 0 radical (unpaired) electrons. The van der Waals surface area contributed by atoms with E-state index in [1.54, 1.807) is 16.2 Å². The van der Waals surface area contributed by atoms with Crippen LogP contribution in [0, 0.1) is 5.82 Å². The van der Waals surface area contributed by atoms with Gasteiger partial charge in [-0.3, -0.25) is 4.79 Å². The normalized spacial score (nSPS) is 14.6. The Morgan fingerprint density at radius 3 is 2.55 bits per heavy atom. The van der Waals surface area contributed by atoms with Gasteiger partial charge in [-0.25, -0.2) is 17.8 Å². The predicted octanol–water partition coefficient (Wildman–Crippen LogP) is 3.74. The van der Waals surface area contributed by atoms with E-state index in [0.29, 0.717) is 32.8 Å². The zero-order valence-corrected chi connectivity index (χ0v) is 20.0. The van der Waals surface area contributed by atoms with Crippen LogP contribution in [0.15, 0.2) is 47.4 Å². The van der Waals surface area contributed by atoms with E-state index in [1.165, 1.54) is 12.1 Å². The molecule has 0 saturated carbocycles. The molecule has 2 heterocycles. The number of thiazole rings is 1. The second-order valence-electron chi connectivity index (χ2n) is 7.78. The second-order valence-corrected chi connectivity index (χ2v) is 10.9. The number of sulfone groups is 1. The molecule has 1 saturated heterocycles. The number of piperazine rings is 1. The van der Waals surface area contributed by atoms with Crippen molar-refractivity contribution in [2.75, 3.05) is 43.4 Å². The first-order chi connectivity index (χ1) is 15.9. The van der Waals surface area contributed by atoms with Crippen LogP contribution in [0.4, 0.5) is 9.52 Å². The molecule has 3 aromatic rings. The Hall–Kier alpha value is -2.72. The number of amides is 1. The van der Waals surface area contributed by atoms with Crippen molar-refractivity contribution < 1.29 is 22.3 Å². The fraction of sp³-hybridized carbons (Fsp3) is 0.391. The average Bonchev–Trinajstić information content (AvgIpc) is 3.25. The Bertz CT molecular complexity index is 1220. The largest absolute Gasteiger partial charge is 0.492 e. The van der Waals surface area contributed by atoms with Crippen molar-refractivity contribution in [1.29, 1.82) is 0 Å². The Balaban J connectivity index is 1.29. The molecule has 33 heavy (non-hydrogen) atoms. The lowest BCUT2D eigenvalue weighted by Gasteiger charge is -2.34. The topological polar surface area (TPSA) is 79.8 Å². The van der Waals surface area contributed by atoms with E-state index in [1.807, 2.05) is 25.1 Å². The molecule has 1 fully saturated rings. The fourth-order valence-corrected chi connectivity index (χ4v) is 6.14. The number of anilines is 1. The molecule has 0 unspecified atom stereocenters. The molecule has 10 heteroatoms. The van der Waals surface area contributed by atoms with Crippen molar-refractivity contribution in [2.24, 2.45) is 0 Å². The van der Waals surface area contributed by atoms with Gasteiger partial charge in [-0.1, -0.05) is 17.4 Å². The first-order valence-corrected chi connectivity index (χ1v) is 13.4. The summed E-state index contributed by atoms with van der Waals surface area (Å²) in [4.78, 5) is 21.4. The van der Waals surface area contributed by atoms with Crippen molar-refractivity contribution in [3.8, 4) is 5.75 Å². The van der Waals surface area contributed by atoms with Gasteiger partial charge in [-0.15, -0.1) is 0 Å². The van der Waals surface area contributed by atoms with E-state index < -0.39 is 15.7 Å². The number of halogens is 1. The molecule has 176 valence electrons. The number of hydrogen-bond acceptors (Lipinski definition) is 7. The molecule has 0 spiro atoms. The number of ether oxygens (including phenoxy) is 1. The van der Waals surface area contributed by atoms with Crippen molar-refractivity contribution in [3.05, 3.63) is 48.3 Å². The molecular weight excluding hydrogens is 465 g/mol. The summed E-state index contributed by atoms with van der Waals surface area (Å²) in [5, 5.41) is 0.912. The maximum atomic E-state index is 13.0. The summed E-state index contributed by atoms with van der Waals surface area (Å²) in [6.45, 7) is 5.00. The predicted molar refractivity (Wildman–Crippen MR) is 127 cm³/mol. The lowest BCUT2D eigenvalue weighted by molar-refractivity contribution is -0.131. The van der Waals surface area contributed by atoms with Crippen LogP contribution in [0.1, 0.15) is 19.8 Å². The van der Waals surface area contributed by atoms with Crippen LogP contribution in [0.2, 0.25) is 0 Å². The molecule has 7 nitrogen and oxygen atoms in total.